The summed E-state index contributed by atoms with van der Waals surface area (Å²) in [5.74, 6) is -0.00247. The highest BCUT2D eigenvalue weighted by Gasteiger charge is 2.32. The van der Waals surface area contributed by atoms with Crippen LogP contribution < -0.4 is 5.32 Å². The quantitative estimate of drug-likeness (QED) is 0.326. The maximum atomic E-state index is 12.6. The first-order valence-corrected chi connectivity index (χ1v) is 11.5. The van der Waals surface area contributed by atoms with Crippen LogP contribution >= 0.6 is 11.8 Å². The minimum absolute atomic E-state index is 0.00767. The largest absolute Gasteiger partial charge is 0.456 e. The van der Waals surface area contributed by atoms with Crippen LogP contribution in [0.1, 0.15) is 21.3 Å². The molecule has 0 amide bonds. The lowest BCUT2D eigenvalue weighted by Gasteiger charge is -2.14. The predicted octanol–water partition coefficient (Wildman–Crippen LogP) is 4.96. The van der Waals surface area contributed by atoms with Crippen LogP contribution in [-0.4, -0.2) is 35.1 Å². The van der Waals surface area contributed by atoms with Gasteiger partial charge in [0.05, 0.1) is 5.37 Å². The Morgan fingerprint density at radius 2 is 1.69 bits per heavy atom. The van der Waals surface area contributed by atoms with E-state index in [-0.39, 0.29) is 17.8 Å². The number of esters is 1. The molecule has 4 aromatic rings. The summed E-state index contributed by atoms with van der Waals surface area (Å²) in [6, 6.07) is 25.0. The van der Waals surface area contributed by atoms with E-state index < -0.39 is 12.0 Å². The fraction of sp³-hybridized carbons (Fsp3) is 0.154. The van der Waals surface area contributed by atoms with Crippen LogP contribution in [0.3, 0.4) is 0 Å². The molecule has 5 nitrogen and oxygen atoms in total. The molecular formula is C26H22N2O3S. The van der Waals surface area contributed by atoms with Gasteiger partial charge in [0.2, 0.25) is 0 Å². The molecule has 2 heterocycles. The monoisotopic (exact) mass is 442 g/mol. The Hall–Kier alpha value is -3.35. The number of hydrogen-bond donors (Lipinski definition) is 2. The van der Waals surface area contributed by atoms with Gasteiger partial charge in [0.1, 0.15) is 6.04 Å². The normalized spacial score (nSPS) is 18.0. The molecule has 2 atom stereocenters. The van der Waals surface area contributed by atoms with Crippen molar-refractivity contribution in [1.82, 2.24) is 10.3 Å². The molecule has 0 aliphatic carbocycles. The molecule has 0 radical (unpaired) electrons. The van der Waals surface area contributed by atoms with E-state index in [4.69, 9.17) is 4.74 Å². The predicted molar refractivity (Wildman–Crippen MR) is 128 cm³/mol. The Morgan fingerprint density at radius 1 is 0.906 bits per heavy atom. The van der Waals surface area contributed by atoms with E-state index in [0.717, 1.165) is 27.6 Å². The Balaban J connectivity index is 1.17. The molecule has 6 heteroatoms. The number of ketones is 1. The third kappa shape index (κ3) is 4.20. The minimum atomic E-state index is -0.438. The number of Topliss-reactive ketones (excluding diaryl/α,β-unsaturated/α-hetero) is 1. The van der Waals surface area contributed by atoms with E-state index in [9.17, 15) is 9.59 Å². The van der Waals surface area contributed by atoms with Gasteiger partial charge in [-0.3, -0.25) is 14.9 Å². The fourth-order valence-corrected chi connectivity index (χ4v) is 5.19. The van der Waals surface area contributed by atoms with Gasteiger partial charge in [-0.1, -0.05) is 66.7 Å². The van der Waals surface area contributed by atoms with Crippen LogP contribution in [0.4, 0.5) is 0 Å². The molecular weight excluding hydrogens is 420 g/mol. The number of carbonyl (C=O) groups is 2. The smallest absolute Gasteiger partial charge is 0.324 e. The molecule has 32 heavy (non-hydrogen) atoms. The van der Waals surface area contributed by atoms with Gasteiger partial charge in [-0.2, -0.15) is 0 Å². The Bertz CT molecular complexity index is 1250. The van der Waals surface area contributed by atoms with Crippen molar-refractivity contribution >= 4 is 34.4 Å². The number of hydrogen-bond acceptors (Lipinski definition) is 5. The van der Waals surface area contributed by atoms with E-state index in [0.29, 0.717) is 11.3 Å². The van der Waals surface area contributed by atoms with Crippen molar-refractivity contribution in [3.63, 3.8) is 0 Å². The van der Waals surface area contributed by atoms with Gasteiger partial charge in [0, 0.05) is 28.4 Å². The van der Waals surface area contributed by atoms with Crippen molar-refractivity contribution < 1.29 is 14.3 Å². The summed E-state index contributed by atoms with van der Waals surface area (Å²) in [6.07, 6.45) is 1.91. The summed E-state index contributed by atoms with van der Waals surface area (Å²) in [7, 11) is 0. The molecule has 1 aliphatic heterocycles. The molecule has 1 fully saturated rings. The summed E-state index contributed by atoms with van der Waals surface area (Å²) in [4.78, 5) is 28.3. The van der Waals surface area contributed by atoms with Gasteiger partial charge in [0.25, 0.3) is 0 Å². The topological polar surface area (TPSA) is 71.2 Å². The fourth-order valence-electron chi connectivity index (χ4n) is 3.93. The number of carbonyl (C=O) groups excluding carboxylic acids is 2. The van der Waals surface area contributed by atoms with Gasteiger partial charge in [-0.15, -0.1) is 11.8 Å². The third-order valence-corrected chi connectivity index (χ3v) is 6.89. The molecule has 5 rings (SSSR count). The lowest BCUT2D eigenvalue weighted by Crippen LogP contribution is -2.36. The molecule has 1 saturated heterocycles. The van der Waals surface area contributed by atoms with Gasteiger partial charge in [0.15, 0.2) is 12.4 Å². The molecule has 1 aromatic heterocycles. The van der Waals surface area contributed by atoms with Crippen LogP contribution in [0.15, 0.2) is 85.1 Å². The molecule has 160 valence electrons. The second-order valence-electron chi connectivity index (χ2n) is 7.69. The summed E-state index contributed by atoms with van der Waals surface area (Å²) < 4.78 is 5.34. The standard InChI is InChI=1S/C26H22N2O3S/c29-24(19-11-9-18(10-12-19)17-5-2-1-3-6-17)15-31-26(30)23-16-32-25(28-23)21-7-4-8-22-20(21)13-14-27-22/h1-14,23,25,27-28H,15-16H2/t23-,25+/m1/s1. The van der Waals surface area contributed by atoms with Gasteiger partial charge >= 0.3 is 5.97 Å². The number of H-pyrrole nitrogens is 1. The highest BCUT2D eigenvalue weighted by atomic mass is 32.2. The number of ether oxygens (including phenoxy) is 1. The number of benzene rings is 3. The summed E-state index contributed by atoms with van der Waals surface area (Å²) >= 11 is 1.67. The number of aromatic amines is 1. The minimum Gasteiger partial charge on any atom is -0.456 e. The second-order valence-corrected chi connectivity index (χ2v) is 8.83. The first-order valence-electron chi connectivity index (χ1n) is 10.5. The van der Waals surface area contributed by atoms with E-state index in [1.807, 2.05) is 66.9 Å². The number of aromatic nitrogens is 1. The highest BCUT2D eigenvalue weighted by molar-refractivity contribution is 7.99. The maximum absolute atomic E-state index is 12.6. The summed E-state index contributed by atoms with van der Waals surface area (Å²) in [5, 5.41) is 4.49. The number of rotatable bonds is 6. The van der Waals surface area contributed by atoms with Crippen LogP contribution in [-0.2, 0) is 9.53 Å². The number of nitrogens with one attached hydrogen (secondary N) is 2. The molecule has 0 bridgehead atoms. The molecule has 2 N–H and O–H groups in total. The van der Waals surface area contributed by atoms with Crippen LogP contribution in [0.2, 0.25) is 0 Å². The van der Waals surface area contributed by atoms with Crippen LogP contribution in [0, 0.1) is 0 Å². The van der Waals surface area contributed by atoms with Crippen LogP contribution in [0.25, 0.3) is 22.0 Å². The first-order chi connectivity index (χ1) is 15.7. The van der Waals surface area contributed by atoms with Crippen molar-refractivity contribution in [2.45, 2.75) is 11.4 Å². The third-order valence-electron chi connectivity index (χ3n) is 5.64. The van der Waals surface area contributed by atoms with Crippen molar-refractivity contribution in [2.75, 3.05) is 12.4 Å². The van der Waals surface area contributed by atoms with E-state index >= 15 is 0 Å². The summed E-state index contributed by atoms with van der Waals surface area (Å²) in [5.41, 5.74) is 4.86. The van der Waals surface area contributed by atoms with Crippen LogP contribution in [0.5, 0.6) is 0 Å². The SMILES string of the molecule is O=C(COC(=O)[C@H]1CS[C@@H](c2cccc3[nH]ccc23)N1)c1ccc(-c2ccccc2)cc1. The zero-order valence-electron chi connectivity index (χ0n) is 17.3. The molecule has 0 saturated carbocycles. The van der Waals surface area contributed by atoms with Gasteiger partial charge in [-0.05, 0) is 28.8 Å². The van der Waals surface area contributed by atoms with Gasteiger partial charge < -0.3 is 9.72 Å². The molecule has 3 aromatic carbocycles. The average Bonchev–Trinajstić information content (AvgIpc) is 3.53. The zero-order chi connectivity index (χ0) is 21.9. The Labute approximate surface area is 190 Å². The maximum Gasteiger partial charge on any atom is 0.324 e. The Morgan fingerprint density at radius 3 is 2.50 bits per heavy atom. The van der Waals surface area contributed by atoms with Crippen molar-refractivity contribution in [3.05, 3.63) is 96.2 Å². The van der Waals surface area contributed by atoms with Crippen molar-refractivity contribution in [1.29, 1.82) is 0 Å². The van der Waals surface area contributed by atoms with Gasteiger partial charge in [-0.25, -0.2) is 0 Å². The average molecular weight is 443 g/mol. The molecule has 1 aliphatic rings. The lowest BCUT2D eigenvalue weighted by atomic mass is 10.0. The van der Waals surface area contributed by atoms with E-state index in [2.05, 4.69) is 16.4 Å². The Kier molecular flexibility index (Phi) is 5.79. The van der Waals surface area contributed by atoms with Crippen molar-refractivity contribution in [2.24, 2.45) is 0 Å². The van der Waals surface area contributed by atoms with Crippen molar-refractivity contribution in [3.8, 4) is 11.1 Å². The van der Waals surface area contributed by atoms with E-state index in [1.165, 1.54) is 0 Å². The lowest BCUT2D eigenvalue weighted by molar-refractivity contribution is -0.144. The highest BCUT2D eigenvalue weighted by Crippen LogP contribution is 2.36. The summed E-state index contributed by atoms with van der Waals surface area (Å²) in [6.45, 7) is -0.260. The second kappa shape index (κ2) is 9.02. The number of fused-ring (bicyclic) bond motifs is 1. The number of thioether (sulfide) groups is 1. The van der Waals surface area contributed by atoms with E-state index in [1.54, 1.807) is 23.9 Å². The molecule has 0 unspecified atom stereocenters. The first kappa shape index (κ1) is 20.5. The zero-order valence-corrected chi connectivity index (χ0v) is 18.1. The molecule has 0 spiro atoms.